The first-order valence-electron chi connectivity index (χ1n) is 9.75. The van der Waals surface area contributed by atoms with Gasteiger partial charge in [0.05, 0.1) is 11.8 Å². The molecule has 0 spiro atoms. The van der Waals surface area contributed by atoms with Gasteiger partial charge in [0.1, 0.15) is 11.6 Å². The van der Waals surface area contributed by atoms with Crippen molar-refractivity contribution in [2.45, 2.75) is 71.4 Å². The van der Waals surface area contributed by atoms with E-state index in [9.17, 15) is 0 Å². The second kappa shape index (κ2) is 8.88. The molecular weight excluding hydrogens is 324 g/mol. The van der Waals surface area contributed by atoms with Crippen LogP contribution in [-0.4, -0.2) is 22.1 Å². The molecule has 0 bridgehead atoms. The first kappa shape index (κ1) is 18.5. The third-order valence-corrected chi connectivity index (χ3v) is 4.56. The number of aromatic nitrogens is 2. The second-order valence-corrected chi connectivity index (χ2v) is 7.34. The van der Waals surface area contributed by atoms with Gasteiger partial charge in [0.15, 0.2) is 0 Å². The molecule has 1 fully saturated rings. The Hall–Kier alpha value is -2.30. The molecule has 140 valence electrons. The molecule has 2 N–H and O–H groups in total. The molecule has 0 aliphatic heterocycles. The first-order valence-corrected chi connectivity index (χ1v) is 9.75. The molecule has 3 rings (SSSR count). The van der Waals surface area contributed by atoms with Crippen molar-refractivity contribution in [1.82, 2.24) is 9.97 Å². The fourth-order valence-corrected chi connectivity index (χ4v) is 3.37. The summed E-state index contributed by atoms with van der Waals surface area (Å²) in [5.74, 6) is 2.33. The summed E-state index contributed by atoms with van der Waals surface area (Å²) in [6, 6.07) is 10.4. The van der Waals surface area contributed by atoms with E-state index < -0.39 is 0 Å². The van der Waals surface area contributed by atoms with Gasteiger partial charge in [-0.3, -0.25) is 0 Å². The number of hydrogen-bond acceptors (Lipinski definition) is 5. The van der Waals surface area contributed by atoms with E-state index in [-0.39, 0.29) is 6.10 Å². The Kier molecular flexibility index (Phi) is 6.31. The summed E-state index contributed by atoms with van der Waals surface area (Å²) < 4.78 is 5.89. The molecular formula is C21H30N4O. The Labute approximate surface area is 156 Å². The third kappa shape index (κ3) is 5.35. The van der Waals surface area contributed by atoms with Gasteiger partial charge in [-0.15, -0.1) is 0 Å². The molecule has 1 aliphatic rings. The molecule has 0 atom stereocenters. The topological polar surface area (TPSA) is 59.1 Å². The maximum absolute atomic E-state index is 5.89. The van der Waals surface area contributed by atoms with Gasteiger partial charge in [-0.05, 0) is 45.7 Å². The zero-order chi connectivity index (χ0) is 18.4. The molecule has 0 radical (unpaired) electrons. The van der Waals surface area contributed by atoms with Gasteiger partial charge in [0, 0.05) is 17.8 Å². The molecule has 1 aromatic carbocycles. The minimum Gasteiger partial charge on any atom is -0.489 e. The number of aryl methyl sites for hydroxylation is 1. The number of ether oxygens (including phenoxy) is 1. The average Bonchev–Trinajstić information content (AvgIpc) is 2.84. The molecule has 1 saturated carbocycles. The van der Waals surface area contributed by atoms with Crippen LogP contribution in [0.25, 0.3) is 0 Å². The van der Waals surface area contributed by atoms with Crippen LogP contribution in [0.5, 0.6) is 5.75 Å². The average molecular weight is 354 g/mol. The number of benzene rings is 1. The van der Waals surface area contributed by atoms with E-state index in [1.807, 2.05) is 51.1 Å². The van der Waals surface area contributed by atoms with E-state index in [1.165, 1.54) is 38.5 Å². The summed E-state index contributed by atoms with van der Waals surface area (Å²) >= 11 is 0. The number of anilines is 3. The molecule has 5 heteroatoms. The lowest BCUT2D eigenvalue weighted by Crippen LogP contribution is -2.20. The van der Waals surface area contributed by atoms with Gasteiger partial charge in [0.25, 0.3) is 0 Å². The Balaban J connectivity index is 1.75. The summed E-state index contributed by atoms with van der Waals surface area (Å²) in [5.41, 5.74) is 1.86. The Morgan fingerprint density at radius 3 is 2.50 bits per heavy atom. The van der Waals surface area contributed by atoms with Crippen molar-refractivity contribution in [2.75, 3.05) is 10.6 Å². The summed E-state index contributed by atoms with van der Waals surface area (Å²) in [6.45, 7) is 6.06. The van der Waals surface area contributed by atoms with Crippen LogP contribution in [0.3, 0.4) is 0 Å². The quantitative estimate of drug-likeness (QED) is 0.675. The van der Waals surface area contributed by atoms with Crippen molar-refractivity contribution in [3.63, 3.8) is 0 Å². The third-order valence-electron chi connectivity index (χ3n) is 4.56. The van der Waals surface area contributed by atoms with Crippen molar-refractivity contribution >= 4 is 17.5 Å². The molecule has 2 aromatic rings. The molecule has 0 unspecified atom stereocenters. The first-order chi connectivity index (χ1) is 12.6. The second-order valence-electron chi connectivity index (χ2n) is 7.34. The highest BCUT2D eigenvalue weighted by Gasteiger charge is 2.14. The smallest absolute Gasteiger partial charge is 0.225 e. The number of rotatable bonds is 6. The molecule has 1 aliphatic carbocycles. The fraction of sp³-hybridized carbons (Fsp3) is 0.524. The standard InChI is InChI=1S/C21H30N4O/c1-15(2)26-19-13-9-8-12-18(19)24-20-14-16(3)22-21(25-20)23-17-10-6-4-5-7-11-17/h8-9,12-15,17H,4-7,10-11H2,1-3H3,(H2,22,23,24,25). The van der Waals surface area contributed by atoms with E-state index >= 15 is 0 Å². The molecule has 1 aromatic heterocycles. The van der Waals surface area contributed by atoms with Gasteiger partial charge in [-0.2, -0.15) is 4.98 Å². The molecule has 0 amide bonds. The SMILES string of the molecule is Cc1cc(Nc2ccccc2OC(C)C)nc(NC2CCCCCC2)n1. The van der Waals surface area contributed by atoms with Crippen molar-refractivity contribution in [3.05, 3.63) is 36.0 Å². The highest BCUT2D eigenvalue weighted by Crippen LogP contribution is 2.28. The number of nitrogens with one attached hydrogen (secondary N) is 2. The fourth-order valence-electron chi connectivity index (χ4n) is 3.37. The highest BCUT2D eigenvalue weighted by atomic mass is 16.5. The zero-order valence-corrected chi connectivity index (χ0v) is 16.1. The lowest BCUT2D eigenvalue weighted by atomic mass is 10.1. The highest BCUT2D eigenvalue weighted by molar-refractivity contribution is 5.64. The summed E-state index contributed by atoms with van der Waals surface area (Å²) in [4.78, 5) is 9.26. The largest absolute Gasteiger partial charge is 0.489 e. The Morgan fingerprint density at radius 1 is 1.04 bits per heavy atom. The van der Waals surface area contributed by atoms with Gasteiger partial charge in [0.2, 0.25) is 5.95 Å². The van der Waals surface area contributed by atoms with E-state index in [0.717, 1.165) is 22.9 Å². The van der Waals surface area contributed by atoms with Crippen LogP contribution in [-0.2, 0) is 0 Å². The van der Waals surface area contributed by atoms with Crippen LogP contribution in [0, 0.1) is 6.92 Å². The number of hydrogen-bond donors (Lipinski definition) is 2. The zero-order valence-electron chi connectivity index (χ0n) is 16.1. The van der Waals surface area contributed by atoms with Crippen molar-refractivity contribution < 1.29 is 4.74 Å². The molecule has 5 nitrogen and oxygen atoms in total. The van der Waals surface area contributed by atoms with E-state index in [1.54, 1.807) is 0 Å². The molecule has 1 heterocycles. The minimum absolute atomic E-state index is 0.123. The van der Waals surface area contributed by atoms with E-state index in [4.69, 9.17) is 4.74 Å². The van der Waals surface area contributed by atoms with Crippen LogP contribution < -0.4 is 15.4 Å². The van der Waals surface area contributed by atoms with Crippen LogP contribution in [0.4, 0.5) is 17.5 Å². The van der Waals surface area contributed by atoms with Crippen LogP contribution >= 0.6 is 0 Å². The monoisotopic (exact) mass is 354 g/mol. The summed E-state index contributed by atoms with van der Waals surface area (Å²) in [6.07, 6.45) is 7.77. The van der Waals surface area contributed by atoms with Gasteiger partial charge >= 0.3 is 0 Å². The van der Waals surface area contributed by atoms with Crippen LogP contribution in [0.2, 0.25) is 0 Å². The Morgan fingerprint density at radius 2 is 1.77 bits per heavy atom. The lowest BCUT2D eigenvalue weighted by Gasteiger charge is -2.18. The van der Waals surface area contributed by atoms with Gasteiger partial charge in [-0.25, -0.2) is 4.98 Å². The predicted molar refractivity (Wildman–Crippen MR) is 107 cm³/mol. The summed E-state index contributed by atoms with van der Waals surface area (Å²) in [7, 11) is 0. The number of nitrogens with zero attached hydrogens (tertiary/aromatic N) is 2. The summed E-state index contributed by atoms with van der Waals surface area (Å²) in [5, 5.41) is 6.93. The van der Waals surface area contributed by atoms with Crippen LogP contribution in [0.1, 0.15) is 58.1 Å². The van der Waals surface area contributed by atoms with Crippen molar-refractivity contribution in [1.29, 1.82) is 0 Å². The normalized spacial score (nSPS) is 15.5. The van der Waals surface area contributed by atoms with Gasteiger partial charge < -0.3 is 15.4 Å². The van der Waals surface area contributed by atoms with E-state index in [0.29, 0.717) is 12.0 Å². The molecule has 26 heavy (non-hydrogen) atoms. The maximum Gasteiger partial charge on any atom is 0.225 e. The maximum atomic E-state index is 5.89. The molecule has 0 saturated heterocycles. The van der Waals surface area contributed by atoms with Crippen LogP contribution in [0.15, 0.2) is 30.3 Å². The number of para-hydroxylation sites is 2. The Bertz CT molecular complexity index is 709. The van der Waals surface area contributed by atoms with Gasteiger partial charge in [-0.1, -0.05) is 37.8 Å². The lowest BCUT2D eigenvalue weighted by molar-refractivity contribution is 0.244. The van der Waals surface area contributed by atoms with Crippen molar-refractivity contribution in [2.24, 2.45) is 0 Å². The minimum atomic E-state index is 0.123. The predicted octanol–water partition coefficient (Wildman–Crippen LogP) is 5.45. The van der Waals surface area contributed by atoms with E-state index in [2.05, 4.69) is 20.6 Å². The van der Waals surface area contributed by atoms with Crippen molar-refractivity contribution in [3.8, 4) is 5.75 Å².